The Balaban J connectivity index is 1.40. The minimum atomic E-state index is -0.308. The second-order valence-electron chi connectivity index (χ2n) is 8.13. The molecule has 0 unspecified atom stereocenters. The monoisotopic (exact) mass is 430 g/mol. The highest BCUT2D eigenvalue weighted by Crippen LogP contribution is 2.39. The van der Waals surface area contributed by atoms with E-state index in [1.165, 1.54) is 4.88 Å². The Morgan fingerprint density at radius 1 is 1.27 bits per heavy atom. The highest BCUT2D eigenvalue weighted by atomic mass is 32.1. The van der Waals surface area contributed by atoms with Crippen LogP contribution in [0.2, 0.25) is 0 Å². The summed E-state index contributed by atoms with van der Waals surface area (Å²) in [6.45, 7) is 4.70. The first-order chi connectivity index (χ1) is 14.6. The minimum absolute atomic E-state index is 0.0239. The van der Waals surface area contributed by atoms with Gasteiger partial charge in [0.05, 0.1) is 18.7 Å². The van der Waals surface area contributed by atoms with Crippen LogP contribution in [0.1, 0.15) is 59.2 Å². The number of likely N-dealkylation sites (tertiary alicyclic amines) is 1. The maximum atomic E-state index is 13.0. The number of thiophene rings is 1. The number of anilines is 1. The number of hydrogen-bond acceptors (Lipinski definition) is 6. The number of nitrogens with zero attached hydrogens (tertiary/aromatic N) is 3. The molecule has 3 heterocycles. The van der Waals surface area contributed by atoms with E-state index in [0.29, 0.717) is 17.2 Å². The molecule has 0 radical (unpaired) electrons. The number of ether oxygens (including phenoxy) is 1. The highest BCUT2D eigenvalue weighted by Gasteiger charge is 2.30. The van der Waals surface area contributed by atoms with Crippen LogP contribution in [0.5, 0.6) is 0 Å². The van der Waals surface area contributed by atoms with Gasteiger partial charge in [-0.25, -0.2) is 9.78 Å². The lowest BCUT2D eigenvalue weighted by Gasteiger charge is -2.30. The van der Waals surface area contributed by atoms with Gasteiger partial charge in [-0.2, -0.15) is 0 Å². The Hall–Kier alpha value is -2.19. The lowest BCUT2D eigenvalue weighted by Crippen LogP contribution is -2.38. The highest BCUT2D eigenvalue weighted by molar-refractivity contribution is 7.17. The molecule has 0 saturated carbocycles. The van der Waals surface area contributed by atoms with Crippen molar-refractivity contribution in [3.8, 4) is 0 Å². The predicted octanol–water partition coefficient (Wildman–Crippen LogP) is 3.39. The third-order valence-corrected chi connectivity index (χ3v) is 7.34. The first-order valence-electron chi connectivity index (χ1n) is 10.9. The average molecular weight is 431 g/mol. The first-order valence-corrected chi connectivity index (χ1v) is 11.7. The third kappa shape index (κ3) is 4.44. The van der Waals surface area contributed by atoms with E-state index in [0.717, 1.165) is 69.5 Å². The molecule has 0 aromatic carbocycles. The number of piperidine rings is 1. The smallest absolute Gasteiger partial charge is 0.341 e. The molecular weight excluding hydrogens is 400 g/mol. The fraction of sp³-hybridized carbons (Fsp3) is 0.591. The summed E-state index contributed by atoms with van der Waals surface area (Å²) in [7, 11) is 2.00. The predicted molar refractivity (Wildman–Crippen MR) is 117 cm³/mol. The van der Waals surface area contributed by atoms with Gasteiger partial charge in [0, 0.05) is 30.2 Å². The zero-order valence-corrected chi connectivity index (χ0v) is 18.6. The van der Waals surface area contributed by atoms with Crippen LogP contribution < -0.4 is 5.32 Å². The minimum Gasteiger partial charge on any atom is -0.462 e. The Morgan fingerprint density at radius 3 is 2.73 bits per heavy atom. The molecule has 1 aliphatic heterocycles. The van der Waals surface area contributed by atoms with Gasteiger partial charge in [0.25, 0.3) is 0 Å². The van der Waals surface area contributed by atoms with Gasteiger partial charge in [0.15, 0.2) is 0 Å². The fourth-order valence-corrected chi connectivity index (χ4v) is 5.67. The van der Waals surface area contributed by atoms with Crippen LogP contribution in [-0.2, 0) is 36.0 Å². The molecule has 1 fully saturated rings. The van der Waals surface area contributed by atoms with Crippen molar-refractivity contribution in [3.63, 3.8) is 0 Å². The van der Waals surface area contributed by atoms with Crippen molar-refractivity contribution in [2.24, 2.45) is 13.0 Å². The van der Waals surface area contributed by atoms with E-state index in [1.54, 1.807) is 11.3 Å². The first kappa shape index (κ1) is 21.1. The summed E-state index contributed by atoms with van der Waals surface area (Å²) in [6.07, 6.45) is 9.49. The van der Waals surface area contributed by atoms with E-state index < -0.39 is 0 Å². The van der Waals surface area contributed by atoms with Gasteiger partial charge in [0.2, 0.25) is 5.91 Å². The summed E-state index contributed by atoms with van der Waals surface area (Å²) in [5, 5.41) is 3.77. The van der Waals surface area contributed by atoms with Crippen molar-refractivity contribution >= 4 is 28.2 Å². The number of carbonyl (C=O) groups excluding carboxylic acids is 2. The molecule has 0 atom stereocenters. The van der Waals surface area contributed by atoms with Crippen molar-refractivity contribution < 1.29 is 14.3 Å². The number of hydrogen-bond donors (Lipinski definition) is 1. The van der Waals surface area contributed by atoms with E-state index in [-0.39, 0.29) is 17.8 Å². The largest absolute Gasteiger partial charge is 0.462 e. The molecule has 1 amide bonds. The Labute approximate surface area is 181 Å². The quantitative estimate of drug-likeness (QED) is 0.711. The number of carbonyl (C=O) groups is 2. The van der Waals surface area contributed by atoms with Crippen LogP contribution in [0.15, 0.2) is 12.4 Å². The van der Waals surface area contributed by atoms with Gasteiger partial charge in [-0.1, -0.05) is 0 Å². The molecule has 2 aromatic heterocycles. The van der Waals surface area contributed by atoms with Gasteiger partial charge >= 0.3 is 5.97 Å². The fourth-order valence-electron chi connectivity index (χ4n) is 4.39. The van der Waals surface area contributed by atoms with Crippen LogP contribution in [0.25, 0.3) is 0 Å². The number of aromatic nitrogens is 2. The molecule has 1 N–H and O–H groups in total. The number of esters is 1. The Kier molecular flexibility index (Phi) is 6.53. The molecule has 2 aliphatic rings. The maximum Gasteiger partial charge on any atom is 0.341 e. The lowest BCUT2D eigenvalue weighted by molar-refractivity contribution is -0.121. The van der Waals surface area contributed by atoms with E-state index >= 15 is 0 Å². The molecule has 1 saturated heterocycles. The standard InChI is InChI=1S/C22H30N4O3S/c1-3-29-22(28)19-16-6-4-5-7-17(16)30-21(19)24-20(27)15-8-11-26(12-9-15)14-18-23-10-13-25(18)2/h10,13,15H,3-9,11-12,14H2,1-2H3,(H,24,27). The number of fused-ring (bicyclic) bond motifs is 1. The number of aryl methyl sites for hydroxylation is 2. The summed E-state index contributed by atoms with van der Waals surface area (Å²) in [5.74, 6) is 0.728. The topological polar surface area (TPSA) is 76.5 Å². The Morgan fingerprint density at radius 2 is 2.03 bits per heavy atom. The van der Waals surface area contributed by atoms with Crippen LogP contribution >= 0.6 is 11.3 Å². The molecule has 1 aliphatic carbocycles. The van der Waals surface area contributed by atoms with E-state index in [2.05, 4.69) is 15.2 Å². The zero-order chi connectivity index (χ0) is 21.1. The average Bonchev–Trinajstić information content (AvgIpc) is 3.31. The molecule has 0 spiro atoms. The Bertz CT molecular complexity index is 912. The van der Waals surface area contributed by atoms with Crippen LogP contribution in [0.3, 0.4) is 0 Å². The number of nitrogens with one attached hydrogen (secondary N) is 1. The van der Waals surface area contributed by atoms with Gasteiger partial charge in [0.1, 0.15) is 10.8 Å². The molecule has 2 aromatic rings. The molecule has 0 bridgehead atoms. The summed E-state index contributed by atoms with van der Waals surface area (Å²) >= 11 is 1.56. The second kappa shape index (κ2) is 9.31. The van der Waals surface area contributed by atoms with Crippen molar-refractivity contribution in [3.05, 3.63) is 34.2 Å². The van der Waals surface area contributed by atoms with Crippen LogP contribution in [0.4, 0.5) is 5.00 Å². The zero-order valence-electron chi connectivity index (χ0n) is 17.8. The summed E-state index contributed by atoms with van der Waals surface area (Å²) in [6, 6.07) is 0. The summed E-state index contributed by atoms with van der Waals surface area (Å²) in [5.41, 5.74) is 1.68. The number of amides is 1. The van der Waals surface area contributed by atoms with Gasteiger partial charge in [-0.3, -0.25) is 9.69 Å². The third-order valence-electron chi connectivity index (χ3n) is 6.13. The van der Waals surface area contributed by atoms with Crippen LogP contribution in [0, 0.1) is 5.92 Å². The normalized spacial score (nSPS) is 17.5. The van der Waals surface area contributed by atoms with Crippen molar-refractivity contribution in [1.82, 2.24) is 14.5 Å². The lowest BCUT2D eigenvalue weighted by atomic mass is 9.94. The van der Waals surface area contributed by atoms with Crippen molar-refractivity contribution in [2.45, 2.75) is 52.0 Å². The number of rotatable bonds is 6. The molecule has 7 nitrogen and oxygen atoms in total. The molecule has 162 valence electrons. The second-order valence-corrected chi connectivity index (χ2v) is 9.23. The van der Waals surface area contributed by atoms with E-state index in [4.69, 9.17) is 4.74 Å². The summed E-state index contributed by atoms with van der Waals surface area (Å²) in [4.78, 5) is 33.6. The van der Waals surface area contributed by atoms with Crippen molar-refractivity contribution in [2.75, 3.05) is 25.0 Å². The van der Waals surface area contributed by atoms with Gasteiger partial charge in [-0.05, 0) is 64.1 Å². The molecule has 30 heavy (non-hydrogen) atoms. The molecule has 4 rings (SSSR count). The van der Waals surface area contributed by atoms with Gasteiger partial charge in [-0.15, -0.1) is 11.3 Å². The maximum absolute atomic E-state index is 13.0. The van der Waals surface area contributed by atoms with Crippen LogP contribution in [-0.4, -0.2) is 46.0 Å². The molecule has 8 heteroatoms. The SMILES string of the molecule is CCOC(=O)c1c(NC(=O)C2CCN(Cc3nccn3C)CC2)sc2c1CCCC2. The van der Waals surface area contributed by atoms with Crippen molar-refractivity contribution in [1.29, 1.82) is 0 Å². The number of imidazole rings is 1. The van der Waals surface area contributed by atoms with E-state index in [9.17, 15) is 9.59 Å². The summed E-state index contributed by atoms with van der Waals surface area (Å²) < 4.78 is 7.33. The van der Waals surface area contributed by atoms with E-state index in [1.807, 2.05) is 30.9 Å². The van der Waals surface area contributed by atoms with Gasteiger partial charge < -0.3 is 14.6 Å². The molecular formula is C22H30N4O3S.